The molecule has 0 aliphatic carbocycles. The highest BCUT2D eigenvalue weighted by Gasteiger charge is 1.98. The molecule has 74 valence electrons. The smallest absolute Gasteiger partial charge is 0.291 e. The van der Waals surface area contributed by atoms with Gasteiger partial charge in [-0.05, 0) is 26.0 Å². The number of carbonyl (C=O) groups is 1. The molecule has 0 unspecified atom stereocenters. The van der Waals surface area contributed by atoms with Crippen molar-refractivity contribution in [1.82, 2.24) is 10.4 Å². The molecule has 0 aliphatic rings. The highest BCUT2D eigenvalue weighted by molar-refractivity contribution is 5.89. The van der Waals surface area contributed by atoms with Crippen LogP contribution in [0.15, 0.2) is 29.5 Å². The maximum Gasteiger partial charge on any atom is 0.340 e. The molecule has 0 atom stereocenters. The third kappa shape index (κ3) is 3.66. The minimum Gasteiger partial charge on any atom is -0.291 e. The molecule has 1 aromatic heterocycles. The average Bonchev–Trinajstić information content (AvgIpc) is 2.16. The molecular weight excluding hydrogens is 180 g/mol. The number of anilines is 1. The van der Waals surface area contributed by atoms with E-state index in [1.54, 1.807) is 38.2 Å². The van der Waals surface area contributed by atoms with Gasteiger partial charge in [0, 0.05) is 11.9 Å². The van der Waals surface area contributed by atoms with E-state index in [2.05, 4.69) is 20.8 Å². The Morgan fingerprint density at radius 2 is 2.21 bits per heavy atom. The lowest BCUT2D eigenvalue weighted by molar-refractivity contribution is 0.252. The van der Waals surface area contributed by atoms with Gasteiger partial charge in [0.25, 0.3) is 0 Å². The Labute approximate surface area is 82.2 Å². The van der Waals surface area contributed by atoms with Crippen molar-refractivity contribution in [3.05, 3.63) is 24.4 Å². The molecule has 1 rings (SSSR count). The zero-order chi connectivity index (χ0) is 10.4. The van der Waals surface area contributed by atoms with Crippen LogP contribution >= 0.6 is 0 Å². The van der Waals surface area contributed by atoms with Gasteiger partial charge in [0.1, 0.15) is 5.82 Å². The second-order valence-electron chi connectivity index (χ2n) is 2.84. The van der Waals surface area contributed by atoms with Gasteiger partial charge in [0.2, 0.25) is 0 Å². The average molecular weight is 192 g/mol. The number of hydrogen-bond acceptors (Lipinski definition) is 3. The van der Waals surface area contributed by atoms with E-state index in [-0.39, 0.29) is 0 Å². The molecule has 0 saturated carbocycles. The zero-order valence-corrected chi connectivity index (χ0v) is 8.11. The molecule has 0 aliphatic heterocycles. The summed E-state index contributed by atoms with van der Waals surface area (Å²) in [4.78, 5) is 15.1. The first kappa shape index (κ1) is 10.2. The number of aromatic nitrogens is 1. The Morgan fingerprint density at radius 1 is 1.43 bits per heavy atom. The van der Waals surface area contributed by atoms with E-state index >= 15 is 0 Å². The van der Waals surface area contributed by atoms with Crippen LogP contribution < -0.4 is 10.7 Å². The molecule has 2 amide bonds. The summed E-state index contributed by atoms with van der Waals surface area (Å²) < 4.78 is 0. The van der Waals surface area contributed by atoms with E-state index in [9.17, 15) is 4.79 Å². The van der Waals surface area contributed by atoms with Crippen molar-refractivity contribution in [2.75, 3.05) is 5.32 Å². The predicted octanol–water partition coefficient (Wildman–Crippen LogP) is 1.60. The Hall–Kier alpha value is -1.91. The summed E-state index contributed by atoms with van der Waals surface area (Å²) in [5.41, 5.74) is 3.11. The molecule has 2 N–H and O–H groups in total. The number of amides is 2. The van der Waals surface area contributed by atoms with Gasteiger partial charge in [-0.25, -0.2) is 15.2 Å². The van der Waals surface area contributed by atoms with E-state index in [0.29, 0.717) is 5.82 Å². The number of hydrazone groups is 1. The van der Waals surface area contributed by atoms with Gasteiger partial charge in [-0.3, -0.25) is 5.32 Å². The maximum absolute atomic E-state index is 11.1. The van der Waals surface area contributed by atoms with Crippen molar-refractivity contribution in [2.24, 2.45) is 5.10 Å². The third-order valence-electron chi connectivity index (χ3n) is 1.29. The molecule has 0 fully saturated rings. The van der Waals surface area contributed by atoms with Crippen LogP contribution in [-0.2, 0) is 0 Å². The van der Waals surface area contributed by atoms with E-state index in [1.807, 2.05) is 0 Å². The maximum atomic E-state index is 11.1. The lowest BCUT2D eigenvalue weighted by Gasteiger charge is -2.02. The molecule has 0 radical (unpaired) electrons. The van der Waals surface area contributed by atoms with Gasteiger partial charge in [0.15, 0.2) is 0 Å². The number of nitrogens with zero attached hydrogens (tertiary/aromatic N) is 2. The standard InChI is InChI=1S/C9H12N4O/c1-7(2)12-13-9(14)11-8-5-3-4-6-10-8/h3-6H,1-2H3,(H2,10,11,13,14). The van der Waals surface area contributed by atoms with Crippen molar-refractivity contribution < 1.29 is 4.79 Å². The fourth-order valence-corrected chi connectivity index (χ4v) is 0.744. The van der Waals surface area contributed by atoms with Crippen LogP contribution in [0.3, 0.4) is 0 Å². The molecule has 1 aromatic rings. The summed E-state index contributed by atoms with van der Waals surface area (Å²) in [5, 5.41) is 6.28. The van der Waals surface area contributed by atoms with Gasteiger partial charge in [0.05, 0.1) is 0 Å². The van der Waals surface area contributed by atoms with Crippen molar-refractivity contribution in [1.29, 1.82) is 0 Å². The summed E-state index contributed by atoms with van der Waals surface area (Å²) in [7, 11) is 0. The van der Waals surface area contributed by atoms with Crippen LogP contribution in [0, 0.1) is 0 Å². The Morgan fingerprint density at radius 3 is 2.79 bits per heavy atom. The fraction of sp³-hybridized carbons (Fsp3) is 0.222. The molecule has 5 nitrogen and oxygen atoms in total. The first-order chi connectivity index (χ1) is 6.68. The van der Waals surface area contributed by atoms with E-state index in [4.69, 9.17) is 0 Å². The van der Waals surface area contributed by atoms with Crippen molar-refractivity contribution in [3.8, 4) is 0 Å². The molecular formula is C9H12N4O. The van der Waals surface area contributed by atoms with Gasteiger partial charge in [-0.2, -0.15) is 5.10 Å². The van der Waals surface area contributed by atoms with E-state index < -0.39 is 6.03 Å². The topological polar surface area (TPSA) is 66.4 Å². The van der Waals surface area contributed by atoms with Crippen molar-refractivity contribution in [2.45, 2.75) is 13.8 Å². The highest BCUT2D eigenvalue weighted by atomic mass is 16.2. The molecule has 14 heavy (non-hydrogen) atoms. The number of rotatable bonds is 2. The minimum absolute atomic E-state index is 0.398. The first-order valence-electron chi connectivity index (χ1n) is 4.17. The van der Waals surface area contributed by atoms with Crippen LogP contribution in [-0.4, -0.2) is 16.7 Å². The number of pyridine rings is 1. The van der Waals surface area contributed by atoms with Crippen LogP contribution in [0.2, 0.25) is 0 Å². The lowest BCUT2D eigenvalue weighted by Crippen LogP contribution is -2.25. The van der Waals surface area contributed by atoms with Crippen molar-refractivity contribution >= 4 is 17.6 Å². The molecule has 0 aromatic carbocycles. The second kappa shape index (κ2) is 4.96. The molecule has 5 heteroatoms. The Balaban J connectivity index is 2.46. The second-order valence-corrected chi connectivity index (χ2v) is 2.84. The minimum atomic E-state index is -0.398. The summed E-state index contributed by atoms with van der Waals surface area (Å²) in [6, 6.07) is 4.86. The third-order valence-corrected chi connectivity index (χ3v) is 1.29. The monoisotopic (exact) mass is 192 g/mol. The summed E-state index contributed by atoms with van der Waals surface area (Å²) in [5.74, 6) is 0.494. The van der Waals surface area contributed by atoms with E-state index in [0.717, 1.165) is 5.71 Å². The van der Waals surface area contributed by atoms with Crippen LogP contribution in [0.25, 0.3) is 0 Å². The lowest BCUT2D eigenvalue weighted by atomic mass is 10.5. The van der Waals surface area contributed by atoms with Gasteiger partial charge in [-0.1, -0.05) is 6.07 Å². The normalized spacial score (nSPS) is 9.00. The Kier molecular flexibility index (Phi) is 3.60. The number of nitrogens with one attached hydrogen (secondary N) is 2. The first-order valence-corrected chi connectivity index (χ1v) is 4.17. The number of urea groups is 1. The summed E-state index contributed by atoms with van der Waals surface area (Å²) in [6.45, 7) is 3.59. The van der Waals surface area contributed by atoms with Crippen LogP contribution in [0.5, 0.6) is 0 Å². The molecule has 0 bridgehead atoms. The van der Waals surface area contributed by atoms with Crippen LogP contribution in [0.1, 0.15) is 13.8 Å². The quantitative estimate of drug-likeness (QED) is 0.552. The fourth-order valence-electron chi connectivity index (χ4n) is 0.744. The molecule has 0 saturated heterocycles. The summed E-state index contributed by atoms with van der Waals surface area (Å²) >= 11 is 0. The van der Waals surface area contributed by atoms with Gasteiger partial charge < -0.3 is 0 Å². The zero-order valence-electron chi connectivity index (χ0n) is 8.11. The van der Waals surface area contributed by atoms with Gasteiger partial charge >= 0.3 is 6.03 Å². The summed E-state index contributed by atoms with van der Waals surface area (Å²) in [6.07, 6.45) is 1.60. The predicted molar refractivity (Wildman–Crippen MR) is 55.2 cm³/mol. The SMILES string of the molecule is CC(C)=NNC(=O)Nc1ccccn1. The molecule has 1 heterocycles. The van der Waals surface area contributed by atoms with Gasteiger partial charge in [-0.15, -0.1) is 0 Å². The number of hydrogen-bond donors (Lipinski definition) is 2. The largest absolute Gasteiger partial charge is 0.340 e. The van der Waals surface area contributed by atoms with Crippen molar-refractivity contribution in [3.63, 3.8) is 0 Å². The molecule has 0 spiro atoms. The Bertz CT molecular complexity index is 330. The van der Waals surface area contributed by atoms with E-state index in [1.165, 1.54) is 0 Å². The number of carbonyl (C=O) groups excluding carboxylic acids is 1. The highest BCUT2D eigenvalue weighted by Crippen LogP contribution is 1.98. The van der Waals surface area contributed by atoms with Crippen LogP contribution in [0.4, 0.5) is 10.6 Å².